The standard InChI is InChI=1S/C8H6BrN3O2/c9-5-1-4-3-11-8(10)7(4)6(2-5)12(13)14/h1-2H,3H2,(H2,10,11). The number of amidine groups is 1. The van der Waals surface area contributed by atoms with Crippen LogP contribution >= 0.6 is 15.9 Å². The Bertz CT molecular complexity index is 456. The Kier molecular flexibility index (Phi) is 1.99. The number of halogens is 1. The third-order valence-corrected chi connectivity index (χ3v) is 2.49. The zero-order chi connectivity index (χ0) is 10.3. The van der Waals surface area contributed by atoms with Crippen LogP contribution in [0.2, 0.25) is 0 Å². The third kappa shape index (κ3) is 1.27. The van der Waals surface area contributed by atoms with Gasteiger partial charge in [0.25, 0.3) is 5.69 Å². The number of benzene rings is 1. The van der Waals surface area contributed by atoms with Crippen LogP contribution in [0.5, 0.6) is 0 Å². The van der Waals surface area contributed by atoms with Gasteiger partial charge in [0.2, 0.25) is 0 Å². The molecular weight excluding hydrogens is 250 g/mol. The zero-order valence-electron chi connectivity index (χ0n) is 7.03. The van der Waals surface area contributed by atoms with Crippen LogP contribution in [0.4, 0.5) is 5.69 Å². The lowest BCUT2D eigenvalue weighted by Crippen LogP contribution is -2.12. The minimum atomic E-state index is -0.447. The molecule has 72 valence electrons. The van der Waals surface area contributed by atoms with E-state index < -0.39 is 4.92 Å². The van der Waals surface area contributed by atoms with Crippen molar-refractivity contribution in [3.05, 3.63) is 37.8 Å². The van der Waals surface area contributed by atoms with E-state index in [2.05, 4.69) is 20.9 Å². The number of aliphatic imine (C=N–C) groups is 1. The van der Waals surface area contributed by atoms with Crippen LogP contribution in [-0.4, -0.2) is 10.8 Å². The molecule has 0 spiro atoms. The predicted molar refractivity (Wildman–Crippen MR) is 55.2 cm³/mol. The van der Waals surface area contributed by atoms with E-state index in [-0.39, 0.29) is 11.5 Å². The summed E-state index contributed by atoms with van der Waals surface area (Å²) in [5.74, 6) is 0.249. The highest BCUT2D eigenvalue weighted by Crippen LogP contribution is 2.30. The first-order valence-electron chi connectivity index (χ1n) is 3.86. The van der Waals surface area contributed by atoms with E-state index in [0.717, 1.165) is 5.56 Å². The molecule has 2 rings (SSSR count). The van der Waals surface area contributed by atoms with Crippen LogP contribution in [-0.2, 0) is 6.54 Å². The summed E-state index contributed by atoms with van der Waals surface area (Å²) in [7, 11) is 0. The van der Waals surface area contributed by atoms with Gasteiger partial charge in [0.05, 0.1) is 17.0 Å². The number of nitrogens with zero attached hydrogens (tertiary/aromatic N) is 2. The molecule has 1 aromatic rings. The molecule has 1 aromatic carbocycles. The molecule has 1 heterocycles. The summed E-state index contributed by atoms with van der Waals surface area (Å²) in [6, 6.07) is 3.23. The minimum absolute atomic E-state index is 0.00752. The number of rotatable bonds is 1. The predicted octanol–water partition coefficient (Wildman–Crippen LogP) is 1.58. The molecule has 14 heavy (non-hydrogen) atoms. The average Bonchev–Trinajstić information content (AvgIpc) is 2.46. The minimum Gasteiger partial charge on any atom is -0.383 e. The quantitative estimate of drug-likeness (QED) is 0.611. The van der Waals surface area contributed by atoms with E-state index in [9.17, 15) is 10.1 Å². The molecule has 0 fully saturated rings. The fourth-order valence-corrected chi connectivity index (χ4v) is 1.95. The first-order chi connectivity index (χ1) is 6.59. The second-order valence-corrected chi connectivity index (χ2v) is 3.83. The van der Waals surface area contributed by atoms with Gasteiger partial charge in [-0.1, -0.05) is 15.9 Å². The lowest BCUT2D eigenvalue weighted by Gasteiger charge is -2.01. The van der Waals surface area contributed by atoms with Gasteiger partial charge in [0.15, 0.2) is 0 Å². The molecule has 6 heteroatoms. The maximum atomic E-state index is 10.7. The summed E-state index contributed by atoms with van der Waals surface area (Å²) in [5, 5.41) is 10.7. The van der Waals surface area contributed by atoms with Crippen molar-refractivity contribution in [2.45, 2.75) is 6.54 Å². The van der Waals surface area contributed by atoms with Crippen molar-refractivity contribution in [1.29, 1.82) is 0 Å². The summed E-state index contributed by atoms with van der Waals surface area (Å²) < 4.78 is 0.674. The molecule has 0 unspecified atom stereocenters. The highest BCUT2D eigenvalue weighted by Gasteiger charge is 2.25. The van der Waals surface area contributed by atoms with Crippen molar-refractivity contribution < 1.29 is 4.92 Å². The number of nitrogens with two attached hydrogens (primary N) is 1. The third-order valence-electron chi connectivity index (χ3n) is 2.04. The molecule has 0 amide bonds. The Morgan fingerprint density at radius 2 is 2.29 bits per heavy atom. The Balaban J connectivity index is 2.70. The summed E-state index contributed by atoms with van der Waals surface area (Å²) in [5.41, 5.74) is 6.82. The number of nitro groups is 1. The molecule has 0 atom stereocenters. The molecule has 2 N–H and O–H groups in total. The van der Waals surface area contributed by atoms with Crippen molar-refractivity contribution in [3.63, 3.8) is 0 Å². The maximum Gasteiger partial charge on any atom is 0.281 e. The maximum absolute atomic E-state index is 10.7. The van der Waals surface area contributed by atoms with Crippen LogP contribution in [0.25, 0.3) is 0 Å². The van der Waals surface area contributed by atoms with Gasteiger partial charge in [-0.2, -0.15) is 0 Å². The Morgan fingerprint density at radius 1 is 1.57 bits per heavy atom. The second kappa shape index (κ2) is 3.06. The van der Waals surface area contributed by atoms with Crippen molar-refractivity contribution >= 4 is 27.5 Å². The molecular formula is C8H6BrN3O2. The fraction of sp³-hybridized carbons (Fsp3) is 0.125. The average molecular weight is 256 g/mol. The highest BCUT2D eigenvalue weighted by atomic mass is 79.9. The number of hydrogen-bond acceptors (Lipinski definition) is 4. The molecule has 0 aromatic heterocycles. The number of hydrogen-bond donors (Lipinski definition) is 1. The first kappa shape index (κ1) is 9.14. The Hall–Kier alpha value is -1.43. The van der Waals surface area contributed by atoms with Crippen LogP contribution in [0.1, 0.15) is 11.1 Å². The van der Waals surface area contributed by atoms with Crippen molar-refractivity contribution in [2.75, 3.05) is 0 Å². The highest BCUT2D eigenvalue weighted by molar-refractivity contribution is 9.10. The molecule has 0 radical (unpaired) electrons. The van der Waals surface area contributed by atoms with Gasteiger partial charge in [-0.25, -0.2) is 0 Å². The smallest absolute Gasteiger partial charge is 0.281 e. The second-order valence-electron chi connectivity index (χ2n) is 2.92. The van der Waals surface area contributed by atoms with Gasteiger partial charge in [0.1, 0.15) is 5.84 Å². The monoisotopic (exact) mass is 255 g/mol. The normalized spacial score (nSPS) is 13.6. The summed E-state index contributed by atoms with van der Waals surface area (Å²) >= 11 is 3.21. The van der Waals surface area contributed by atoms with Gasteiger partial charge >= 0.3 is 0 Å². The molecule has 1 aliphatic heterocycles. The summed E-state index contributed by atoms with van der Waals surface area (Å²) in [6.45, 7) is 0.418. The zero-order valence-corrected chi connectivity index (χ0v) is 8.61. The van der Waals surface area contributed by atoms with Gasteiger partial charge in [-0.05, 0) is 11.6 Å². The lowest BCUT2D eigenvalue weighted by molar-refractivity contribution is -0.385. The molecule has 0 bridgehead atoms. The fourth-order valence-electron chi connectivity index (χ4n) is 1.46. The number of nitro benzene ring substituents is 1. The van der Waals surface area contributed by atoms with E-state index in [1.54, 1.807) is 6.07 Å². The van der Waals surface area contributed by atoms with E-state index in [4.69, 9.17) is 5.73 Å². The van der Waals surface area contributed by atoms with Crippen LogP contribution in [0.3, 0.4) is 0 Å². The molecule has 0 saturated carbocycles. The van der Waals surface area contributed by atoms with Gasteiger partial charge in [0, 0.05) is 10.5 Å². The van der Waals surface area contributed by atoms with Gasteiger partial charge in [-0.3, -0.25) is 15.1 Å². The summed E-state index contributed by atoms with van der Waals surface area (Å²) in [4.78, 5) is 14.2. The number of fused-ring (bicyclic) bond motifs is 1. The van der Waals surface area contributed by atoms with Crippen molar-refractivity contribution in [1.82, 2.24) is 0 Å². The van der Waals surface area contributed by atoms with Crippen molar-refractivity contribution in [3.8, 4) is 0 Å². The van der Waals surface area contributed by atoms with Gasteiger partial charge < -0.3 is 5.73 Å². The van der Waals surface area contributed by atoms with E-state index in [0.29, 0.717) is 16.6 Å². The largest absolute Gasteiger partial charge is 0.383 e. The molecule has 5 nitrogen and oxygen atoms in total. The SMILES string of the molecule is NC1=NCc2cc(Br)cc([N+](=O)[O-])c21. The lowest BCUT2D eigenvalue weighted by atomic mass is 10.1. The van der Waals surface area contributed by atoms with Crippen LogP contribution < -0.4 is 5.73 Å². The Labute approximate surface area is 87.9 Å². The first-order valence-corrected chi connectivity index (χ1v) is 4.66. The van der Waals surface area contributed by atoms with Gasteiger partial charge in [-0.15, -0.1) is 0 Å². The summed E-state index contributed by atoms with van der Waals surface area (Å²) in [6.07, 6.45) is 0. The molecule has 0 saturated heterocycles. The van der Waals surface area contributed by atoms with E-state index in [1.807, 2.05) is 0 Å². The van der Waals surface area contributed by atoms with Crippen LogP contribution in [0, 0.1) is 10.1 Å². The van der Waals surface area contributed by atoms with E-state index >= 15 is 0 Å². The van der Waals surface area contributed by atoms with Crippen LogP contribution in [0.15, 0.2) is 21.6 Å². The topological polar surface area (TPSA) is 81.5 Å². The van der Waals surface area contributed by atoms with Crippen molar-refractivity contribution in [2.24, 2.45) is 10.7 Å². The molecule has 0 aliphatic carbocycles. The Morgan fingerprint density at radius 3 is 2.93 bits per heavy atom. The molecule has 1 aliphatic rings. The van der Waals surface area contributed by atoms with E-state index in [1.165, 1.54) is 6.07 Å².